The van der Waals surface area contributed by atoms with Crippen molar-refractivity contribution in [3.8, 4) is 0 Å². The van der Waals surface area contributed by atoms with Gasteiger partial charge < -0.3 is 16.0 Å². The predicted octanol–water partition coefficient (Wildman–Crippen LogP) is 7.26. The van der Waals surface area contributed by atoms with Gasteiger partial charge in [0.05, 0.1) is 21.5 Å². The van der Waals surface area contributed by atoms with E-state index in [0.29, 0.717) is 16.9 Å². The summed E-state index contributed by atoms with van der Waals surface area (Å²) in [5.74, 6) is -2.82. The fourth-order valence-electron chi connectivity index (χ4n) is 3.92. The van der Waals surface area contributed by atoms with Crippen LogP contribution in [0.4, 0.5) is 21.5 Å². The Morgan fingerprint density at radius 3 is 2.29 bits per heavy atom. The highest BCUT2D eigenvalue weighted by molar-refractivity contribution is 6.53. The highest BCUT2D eigenvalue weighted by Gasteiger charge is 2.67. The lowest BCUT2D eigenvalue weighted by atomic mass is 10.1. The number of aryl methyl sites for hydroxylation is 1. The fraction of sp³-hybridized carbons (Fsp3) is 0.200. The van der Waals surface area contributed by atoms with Crippen LogP contribution in [-0.4, -0.2) is 23.2 Å². The zero-order valence-electron chi connectivity index (χ0n) is 18.6. The van der Waals surface area contributed by atoms with Gasteiger partial charge in [-0.1, -0.05) is 29.3 Å². The number of halogens is 5. The van der Waals surface area contributed by atoms with Gasteiger partial charge in [-0.25, -0.2) is 4.39 Å². The van der Waals surface area contributed by atoms with Gasteiger partial charge in [-0.2, -0.15) is 0 Å². The van der Waals surface area contributed by atoms with Gasteiger partial charge in [-0.3, -0.25) is 9.59 Å². The summed E-state index contributed by atoms with van der Waals surface area (Å²) in [4.78, 5) is 25.9. The fourth-order valence-corrected chi connectivity index (χ4v) is 5.14. The van der Waals surface area contributed by atoms with Crippen molar-refractivity contribution in [1.29, 1.82) is 0 Å². The molecule has 10 heteroatoms. The number of hydrogen-bond donors (Lipinski definition) is 3. The second-order valence-electron chi connectivity index (χ2n) is 8.22. The van der Waals surface area contributed by atoms with Crippen LogP contribution in [0.25, 0.3) is 0 Å². The van der Waals surface area contributed by atoms with Crippen LogP contribution in [0.3, 0.4) is 0 Å². The van der Waals surface area contributed by atoms with E-state index in [4.69, 9.17) is 46.4 Å². The topological polar surface area (TPSA) is 70.2 Å². The van der Waals surface area contributed by atoms with Gasteiger partial charge in [0.25, 0.3) is 5.91 Å². The molecule has 0 bridgehead atoms. The number of carbonyl (C=O) groups is 2. The van der Waals surface area contributed by atoms with Gasteiger partial charge in [0.15, 0.2) is 0 Å². The van der Waals surface area contributed by atoms with Crippen LogP contribution in [0.15, 0.2) is 54.6 Å². The number of amides is 2. The van der Waals surface area contributed by atoms with E-state index in [0.717, 1.165) is 11.3 Å². The molecule has 35 heavy (non-hydrogen) atoms. The molecule has 3 aromatic carbocycles. The predicted molar refractivity (Wildman–Crippen MR) is 141 cm³/mol. The Balaban J connectivity index is 1.50. The summed E-state index contributed by atoms with van der Waals surface area (Å²) in [6, 6.07) is 14.2. The maximum Gasteiger partial charge on any atom is 0.257 e. The smallest absolute Gasteiger partial charge is 0.257 e. The summed E-state index contributed by atoms with van der Waals surface area (Å²) in [7, 11) is 1.81. The molecular weight excluding hydrogens is 535 g/mol. The molecule has 0 spiro atoms. The van der Waals surface area contributed by atoms with Crippen LogP contribution in [0, 0.1) is 18.7 Å². The minimum Gasteiger partial charge on any atom is -0.388 e. The van der Waals surface area contributed by atoms with Gasteiger partial charge in [0.2, 0.25) is 5.91 Å². The summed E-state index contributed by atoms with van der Waals surface area (Å²) in [5, 5.41) is 8.75. The summed E-state index contributed by atoms with van der Waals surface area (Å²) in [6.45, 7) is 1.87. The van der Waals surface area contributed by atoms with Crippen molar-refractivity contribution < 1.29 is 14.0 Å². The van der Waals surface area contributed by atoms with Crippen molar-refractivity contribution in [3.05, 3.63) is 87.2 Å². The number of alkyl halides is 2. The highest BCUT2D eigenvalue weighted by atomic mass is 35.5. The van der Waals surface area contributed by atoms with E-state index in [1.807, 2.05) is 26.1 Å². The minimum atomic E-state index is -1.38. The van der Waals surface area contributed by atoms with E-state index in [2.05, 4.69) is 16.0 Å². The molecule has 5 nitrogen and oxygen atoms in total. The summed E-state index contributed by atoms with van der Waals surface area (Å²) in [5.41, 5.74) is 3.50. The Labute approximate surface area is 221 Å². The Kier molecular flexibility index (Phi) is 7.21. The molecule has 182 valence electrons. The van der Waals surface area contributed by atoms with Crippen molar-refractivity contribution in [3.63, 3.8) is 0 Å². The molecule has 2 amide bonds. The van der Waals surface area contributed by atoms with Gasteiger partial charge >= 0.3 is 0 Å². The molecule has 2 atom stereocenters. The summed E-state index contributed by atoms with van der Waals surface area (Å²) in [6.07, 6.45) is 0. The summed E-state index contributed by atoms with van der Waals surface area (Å²) >= 11 is 24.9. The Bertz CT molecular complexity index is 1330. The van der Waals surface area contributed by atoms with E-state index in [9.17, 15) is 14.0 Å². The standard InChI is InChI=1S/C25H20Cl4FN3O2/c1-12-9-14(31-2)5-8-20(12)33-23(34)16-11-15(4-6-17(16)26)32-24(35)22-21(25(22,28)29)13-3-7-19(30)18(27)10-13/h3-11,21-22,31H,1-2H3,(H,32,35)(H,33,34)/t21-,22+/m1/s1. The number of hydrogen-bond acceptors (Lipinski definition) is 3. The van der Waals surface area contributed by atoms with Crippen molar-refractivity contribution in [1.82, 2.24) is 0 Å². The summed E-state index contributed by atoms with van der Waals surface area (Å²) < 4.78 is 12.1. The number of carbonyl (C=O) groups excluding carboxylic acids is 2. The van der Waals surface area contributed by atoms with E-state index in [1.54, 1.807) is 12.1 Å². The zero-order valence-corrected chi connectivity index (χ0v) is 21.6. The quantitative estimate of drug-likeness (QED) is 0.281. The SMILES string of the molecule is CNc1ccc(NC(=O)c2cc(NC(=O)[C@@H]3[C@@H](c4ccc(F)c(Cl)c4)C3(Cl)Cl)ccc2Cl)c(C)c1. The third kappa shape index (κ3) is 5.21. The number of anilines is 3. The maximum atomic E-state index is 13.5. The molecule has 0 radical (unpaired) electrons. The van der Waals surface area contributed by atoms with Crippen molar-refractivity contribution in [2.45, 2.75) is 17.2 Å². The second kappa shape index (κ2) is 9.86. The van der Waals surface area contributed by atoms with E-state index >= 15 is 0 Å². The normalized spacial score (nSPS) is 18.0. The first-order valence-corrected chi connectivity index (χ1v) is 12.1. The van der Waals surface area contributed by atoms with Crippen LogP contribution >= 0.6 is 46.4 Å². The van der Waals surface area contributed by atoms with E-state index in [1.165, 1.54) is 30.3 Å². The molecule has 1 aliphatic carbocycles. The minimum absolute atomic E-state index is 0.0816. The van der Waals surface area contributed by atoms with Crippen molar-refractivity contribution in [2.24, 2.45) is 5.92 Å². The molecule has 4 rings (SSSR count). The first-order chi connectivity index (χ1) is 16.5. The monoisotopic (exact) mass is 553 g/mol. The van der Waals surface area contributed by atoms with Crippen LogP contribution in [0.5, 0.6) is 0 Å². The molecule has 1 fully saturated rings. The molecule has 3 aromatic rings. The largest absolute Gasteiger partial charge is 0.388 e. The molecule has 0 aromatic heterocycles. The Hall–Kier alpha value is -2.51. The van der Waals surface area contributed by atoms with Gasteiger partial charge in [-0.05, 0) is 66.6 Å². The van der Waals surface area contributed by atoms with Crippen LogP contribution < -0.4 is 16.0 Å². The maximum absolute atomic E-state index is 13.5. The molecule has 0 saturated heterocycles. The third-order valence-corrected chi connectivity index (χ3v) is 7.44. The van der Waals surface area contributed by atoms with E-state index in [-0.39, 0.29) is 15.6 Å². The zero-order chi connectivity index (χ0) is 25.5. The number of benzene rings is 3. The Morgan fingerprint density at radius 1 is 0.914 bits per heavy atom. The van der Waals surface area contributed by atoms with Crippen LogP contribution in [0.2, 0.25) is 10.0 Å². The number of rotatable bonds is 6. The molecule has 0 aliphatic heterocycles. The van der Waals surface area contributed by atoms with Gasteiger partial charge in [0.1, 0.15) is 10.2 Å². The molecule has 0 unspecified atom stereocenters. The van der Waals surface area contributed by atoms with Crippen molar-refractivity contribution in [2.75, 3.05) is 23.0 Å². The second-order valence-corrected chi connectivity index (χ2v) is 10.5. The van der Waals surface area contributed by atoms with Gasteiger partial charge in [0, 0.05) is 30.0 Å². The number of nitrogens with one attached hydrogen (secondary N) is 3. The molecular formula is C25H20Cl4FN3O2. The molecule has 0 heterocycles. The Morgan fingerprint density at radius 2 is 1.63 bits per heavy atom. The highest BCUT2D eigenvalue weighted by Crippen LogP contribution is 2.65. The lowest BCUT2D eigenvalue weighted by molar-refractivity contribution is -0.117. The van der Waals surface area contributed by atoms with Crippen LogP contribution in [-0.2, 0) is 4.79 Å². The molecule has 1 saturated carbocycles. The third-order valence-electron chi connectivity index (χ3n) is 5.88. The lowest BCUT2D eigenvalue weighted by Crippen LogP contribution is -2.18. The molecule has 3 N–H and O–H groups in total. The van der Waals surface area contributed by atoms with Crippen LogP contribution in [0.1, 0.15) is 27.4 Å². The average molecular weight is 555 g/mol. The first kappa shape index (κ1) is 25.6. The van der Waals surface area contributed by atoms with Gasteiger partial charge in [-0.15, -0.1) is 23.2 Å². The van der Waals surface area contributed by atoms with E-state index < -0.39 is 33.8 Å². The van der Waals surface area contributed by atoms with Crippen molar-refractivity contribution >= 4 is 75.3 Å². The first-order valence-electron chi connectivity index (χ1n) is 10.6. The molecule has 1 aliphatic rings. The average Bonchev–Trinajstić information content (AvgIpc) is 3.40. The lowest BCUT2D eigenvalue weighted by Gasteiger charge is -2.12.